The zero-order chi connectivity index (χ0) is 31.5. The normalized spacial score (nSPS) is 14.7. The Hall–Kier alpha value is -3.97. The van der Waals surface area contributed by atoms with Gasteiger partial charge in [-0.2, -0.15) is 4.31 Å². The van der Waals surface area contributed by atoms with Gasteiger partial charge in [-0.3, -0.25) is 10.0 Å². The van der Waals surface area contributed by atoms with Gasteiger partial charge in [0.25, 0.3) is 5.91 Å². The highest BCUT2D eigenvalue weighted by Gasteiger charge is 2.42. The third-order valence-corrected chi connectivity index (χ3v) is 9.69. The highest BCUT2D eigenvalue weighted by Crippen LogP contribution is 2.31. The number of piperidine rings is 1. The van der Waals surface area contributed by atoms with E-state index in [0.29, 0.717) is 25.0 Å². The smallest absolute Gasteiger partial charge is 0.409 e. The van der Waals surface area contributed by atoms with E-state index in [2.05, 4.69) is 0 Å². The van der Waals surface area contributed by atoms with Crippen LogP contribution in [0, 0.1) is 5.92 Å². The van der Waals surface area contributed by atoms with Crippen LogP contribution in [0.15, 0.2) is 83.8 Å². The molecule has 3 aromatic carbocycles. The van der Waals surface area contributed by atoms with Crippen molar-refractivity contribution in [3.05, 3.63) is 84.4 Å². The number of ether oxygens (including phenoxy) is 3. The van der Waals surface area contributed by atoms with Gasteiger partial charge in [0, 0.05) is 26.7 Å². The maximum Gasteiger partial charge on any atom is 0.409 e. The van der Waals surface area contributed by atoms with Gasteiger partial charge in [-0.1, -0.05) is 54.6 Å². The highest BCUT2D eigenvalue weighted by molar-refractivity contribution is 7.89. The quantitative estimate of drug-likeness (QED) is 0.166. The standard InChI is InChI=1S/C32H39N3O8S/c1-41-22-23-43-32(37)34-19-17-27(18-20-34)30(31(36)33-38)35(21-16-24-6-4-3-5-7-24)44(39,40)29-14-10-26(11-15-29)25-8-12-28(42-2)13-9-25/h3-15,27,30,38H,16-23H2,1-2H3,(H,33,36). The fourth-order valence-electron chi connectivity index (χ4n) is 5.38. The Morgan fingerprint density at radius 2 is 1.55 bits per heavy atom. The Balaban J connectivity index is 1.61. The SMILES string of the molecule is COCCOC(=O)N1CCC(C(C(=O)NO)N(CCc2ccccc2)S(=O)(=O)c2ccc(-c3ccc(OC)cc3)cc2)CC1. The van der Waals surface area contributed by atoms with E-state index < -0.39 is 34.0 Å². The molecule has 0 saturated carbocycles. The number of benzene rings is 3. The molecule has 1 unspecified atom stereocenters. The van der Waals surface area contributed by atoms with Crippen LogP contribution in [0.4, 0.5) is 4.79 Å². The van der Waals surface area contributed by atoms with Gasteiger partial charge in [-0.25, -0.2) is 18.7 Å². The van der Waals surface area contributed by atoms with E-state index in [9.17, 15) is 23.2 Å². The first-order valence-corrected chi connectivity index (χ1v) is 15.9. The summed E-state index contributed by atoms with van der Waals surface area (Å²) in [5.74, 6) is -0.573. The number of amides is 2. The van der Waals surface area contributed by atoms with E-state index in [1.807, 2.05) is 54.6 Å². The third-order valence-electron chi connectivity index (χ3n) is 7.79. The van der Waals surface area contributed by atoms with Gasteiger partial charge in [0.1, 0.15) is 18.4 Å². The van der Waals surface area contributed by atoms with Crippen LogP contribution in [0.2, 0.25) is 0 Å². The van der Waals surface area contributed by atoms with Crippen molar-refractivity contribution in [2.24, 2.45) is 5.92 Å². The molecule has 0 spiro atoms. The lowest BCUT2D eigenvalue weighted by atomic mass is 9.88. The summed E-state index contributed by atoms with van der Waals surface area (Å²) >= 11 is 0. The molecule has 0 radical (unpaired) electrons. The average molecular weight is 626 g/mol. The molecule has 236 valence electrons. The number of hydrogen-bond donors (Lipinski definition) is 2. The average Bonchev–Trinajstić information content (AvgIpc) is 3.07. The second-order valence-corrected chi connectivity index (χ2v) is 12.3. The predicted molar refractivity (Wildman–Crippen MR) is 164 cm³/mol. The zero-order valence-corrected chi connectivity index (χ0v) is 25.7. The van der Waals surface area contributed by atoms with Crippen molar-refractivity contribution < 1.29 is 37.4 Å². The van der Waals surface area contributed by atoms with Crippen molar-refractivity contribution in [3.8, 4) is 16.9 Å². The molecule has 0 bridgehead atoms. The first kappa shape index (κ1) is 32.9. The number of nitrogens with zero attached hydrogens (tertiary/aromatic N) is 2. The molecule has 1 aliphatic rings. The van der Waals surface area contributed by atoms with E-state index >= 15 is 0 Å². The lowest BCUT2D eigenvalue weighted by molar-refractivity contribution is -0.135. The molecular formula is C32H39N3O8S. The van der Waals surface area contributed by atoms with Crippen LogP contribution in [-0.2, 0) is 30.7 Å². The third kappa shape index (κ3) is 8.14. The minimum Gasteiger partial charge on any atom is -0.497 e. The predicted octanol–water partition coefficient (Wildman–Crippen LogP) is 3.96. The number of carbonyl (C=O) groups excluding carboxylic acids is 2. The monoisotopic (exact) mass is 625 g/mol. The molecule has 44 heavy (non-hydrogen) atoms. The molecule has 1 saturated heterocycles. The largest absolute Gasteiger partial charge is 0.497 e. The molecule has 1 atom stereocenters. The van der Waals surface area contributed by atoms with Crippen LogP contribution < -0.4 is 10.2 Å². The van der Waals surface area contributed by atoms with Gasteiger partial charge >= 0.3 is 6.09 Å². The molecule has 1 aliphatic heterocycles. The maximum absolute atomic E-state index is 14.3. The number of carbonyl (C=O) groups is 2. The number of rotatable bonds is 13. The van der Waals surface area contributed by atoms with Crippen molar-refractivity contribution in [3.63, 3.8) is 0 Å². The van der Waals surface area contributed by atoms with Crippen LogP contribution >= 0.6 is 0 Å². The van der Waals surface area contributed by atoms with Crippen LogP contribution in [0.1, 0.15) is 18.4 Å². The van der Waals surface area contributed by atoms with E-state index in [0.717, 1.165) is 16.7 Å². The Morgan fingerprint density at radius 3 is 2.11 bits per heavy atom. The van der Waals surface area contributed by atoms with Gasteiger partial charge in [0.05, 0.1) is 18.6 Å². The fourth-order valence-corrected chi connectivity index (χ4v) is 7.03. The summed E-state index contributed by atoms with van der Waals surface area (Å²) in [5, 5.41) is 9.74. The van der Waals surface area contributed by atoms with Gasteiger partial charge < -0.3 is 19.1 Å². The van der Waals surface area contributed by atoms with E-state index in [1.165, 1.54) is 28.4 Å². The lowest BCUT2D eigenvalue weighted by Crippen LogP contribution is -2.55. The molecule has 0 aromatic heterocycles. The second kappa shape index (κ2) is 15.7. The summed E-state index contributed by atoms with van der Waals surface area (Å²) in [4.78, 5) is 27.2. The first-order valence-electron chi connectivity index (χ1n) is 14.4. The number of nitrogens with one attached hydrogen (secondary N) is 1. The molecule has 4 rings (SSSR count). The number of hydrogen-bond acceptors (Lipinski definition) is 8. The Bertz CT molecular complexity index is 1460. The van der Waals surface area contributed by atoms with Crippen molar-refractivity contribution >= 4 is 22.0 Å². The second-order valence-electron chi connectivity index (χ2n) is 10.5. The van der Waals surface area contributed by atoms with Crippen molar-refractivity contribution in [1.29, 1.82) is 0 Å². The van der Waals surface area contributed by atoms with Gasteiger partial charge in [0.2, 0.25) is 10.0 Å². The zero-order valence-electron chi connectivity index (χ0n) is 24.9. The fraction of sp³-hybridized carbons (Fsp3) is 0.375. The van der Waals surface area contributed by atoms with E-state index in [4.69, 9.17) is 14.2 Å². The van der Waals surface area contributed by atoms with Gasteiger partial charge in [-0.15, -0.1) is 0 Å². The Kier molecular flexibility index (Phi) is 11.7. The van der Waals surface area contributed by atoms with Crippen LogP contribution in [0.3, 0.4) is 0 Å². The molecule has 0 aliphatic carbocycles. The summed E-state index contributed by atoms with van der Waals surface area (Å²) in [5.41, 5.74) is 4.31. The van der Waals surface area contributed by atoms with Crippen LogP contribution in [0.25, 0.3) is 11.1 Å². The summed E-state index contributed by atoms with van der Waals surface area (Å²) in [6.07, 6.45) is 0.537. The van der Waals surface area contributed by atoms with Crippen molar-refractivity contribution in [1.82, 2.24) is 14.7 Å². The molecular weight excluding hydrogens is 586 g/mol. The summed E-state index contributed by atoms with van der Waals surface area (Å²) < 4.78 is 45.1. The molecule has 11 nitrogen and oxygen atoms in total. The van der Waals surface area contributed by atoms with Crippen LogP contribution in [0.5, 0.6) is 5.75 Å². The number of sulfonamides is 1. The Labute approximate surface area is 258 Å². The van der Waals surface area contributed by atoms with Crippen molar-refractivity contribution in [2.45, 2.75) is 30.2 Å². The number of hydroxylamine groups is 1. The first-order chi connectivity index (χ1) is 21.3. The lowest BCUT2D eigenvalue weighted by Gasteiger charge is -2.39. The highest BCUT2D eigenvalue weighted by atomic mass is 32.2. The molecule has 3 aromatic rings. The number of likely N-dealkylation sites (tertiary alicyclic amines) is 1. The van der Waals surface area contributed by atoms with Gasteiger partial charge in [0.15, 0.2) is 0 Å². The topological polar surface area (TPSA) is 135 Å². The summed E-state index contributed by atoms with van der Waals surface area (Å²) in [7, 11) is -1.11. The van der Waals surface area contributed by atoms with Crippen LogP contribution in [-0.4, -0.2) is 87.9 Å². The summed E-state index contributed by atoms with van der Waals surface area (Å²) in [6, 6.07) is 22.1. The number of methoxy groups -OCH3 is 2. The van der Waals surface area contributed by atoms with E-state index in [-0.39, 0.29) is 37.7 Å². The van der Waals surface area contributed by atoms with Gasteiger partial charge in [-0.05, 0) is 66.1 Å². The molecule has 1 fully saturated rings. The minimum absolute atomic E-state index is 0.00391. The summed E-state index contributed by atoms with van der Waals surface area (Å²) in [6.45, 7) is 0.942. The molecule has 1 heterocycles. The molecule has 12 heteroatoms. The minimum atomic E-state index is -4.21. The van der Waals surface area contributed by atoms with Crippen molar-refractivity contribution in [2.75, 3.05) is 47.1 Å². The maximum atomic E-state index is 14.3. The Morgan fingerprint density at radius 1 is 0.932 bits per heavy atom. The molecule has 2 N–H and O–H groups in total. The van der Waals surface area contributed by atoms with E-state index in [1.54, 1.807) is 24.7 Å². The molecule has 2 amide bonds.